The Bertz CT molecular complexity index is 4900. The molecule has 0 unspecified atom stereocenters. The number of fused-ring (bicyclic) bond motifs is 6. The first-order valence-corrected chi connectivity index (χ1v) is 34.2. The summed E-state index contributed by atoms with van der Waals surface area (Å²) in [7, 11) is 0. The first-order valence-electron chi connectivity index (χ1n) is 34.2. The van der Waals surface area contributed by atoms with Crippen molar-refractivity contribution >= 4 is 55.6 Å². The minimum absolute atomic E-state index is 0. The number of pyridine rings is 8. The largest absolute Gasteiger partial charge is 0.507 e. The molecule has 0 radical (unpaired) electrons. The van der Waals surface area contributed by atoms with Gasteiger partial charge in [0.25, 0.3) is 11.9 Å². The number of rotatable bonds is 8. The van der Waals surface area contributed by atoms with E-state index >= 15 is 0 Å². The number of carboxylic acid groups (broad SMARTS) is 2. The van der Waals surface area contributed by atoms with Crippen LogP contribution in [0.25, 0.3) is 134 Å². The van der Waals surface area contributed by atoms with Crippen LogP contribution in [-0.4, -0.2) is 104 Å². The maximum absolute atomic E-state index is 11.7. The van der Waals surface area contributed by atoms with Gasteiger partial charge in [0.15, 0.2) is 0 Å². The zero-order valence-electron chi connectivity index (χ0n) is 63.5. The second kappa shape index (κ2) is 38.4. The Morgan fingerprint density at radius 1 is 0.268 bits per heavy atom. The molecule has 592 valence electrons. The summed E-state index contributed by atoms with van der Waals surface area (Å²) in [5.41, 5.74) is 16.9. The maximum Gasteiger partial charge on any atom is 0.300 e. The van der Waals surface area contributed by atoms with Crippen LogP contribution >= 0.6 is 0 Å². The predicted octanol–water partition coefficient (Wildman–Crippen LogP) is 18.6. The Hall–Kier alpha value is -11.5. The smallest absolute Gasteiger partial charge is 0.300 e. The molecular formula is C90H100N8Ni2O12. The van der Waals surface area contributed by atoms with Crippen LogP contribution in [0.15, 0.2) is 219 Å². The summed E-state index contributed by atoms with van der Waals surface area (Å²) in [6.07, 6.45) is 6.93. The molecule has 0 aliphatic carbocycles. The monoisotopic (exact) mass is 1600 g/mol. The van der Waals surface area contributed by atoms with Crippen LogP contribution in [0.3, 0.4) is 0 Å². The molecule has 14 rings (SSSR count). The van der Waals surface area contributed by atoms with Crippen molar-refractivity contribution in [3.8, 4) is 113 Å². The molecule has 6 aromatic carbocycles. The fraction of sp³-hybridized carbons (Fsp3) is 0.222. The Morgan fingerprint density at radius 2 is 0.420 bits per heavy atom. The van der Waals surface area contributed by atoms with Gasteiger partial charge in [-0.3, -0.25) is 29.5 Å². The van der Waals surface area contributed by atoms with Crippen molar-refractivity contribution in [1.29, 1.82) is 0 Å². The summed E-state index contributed by atoms with van der Waals surface area (Å²) in [6, 6.07) is 62.9. The number of benzene rings is 6. The van der Waals surface area contributed by atoms with Gasteiger partial charge in [0.2, 0.25) is 0 Å². The average molecular weight is 1600 g/mol. The quantitative estimate of drug-likeness (QED) is 0.0608. The van der Waals surface area contributed by atoms with Gasteiger partial charge >= 0.3 is 0 Å². The Kier molecular flexibility index (Phi) is 32.5. The second-order valence-electron chi connectivity index (χ2n) is 29.8. The molecule has 14 N–H and O–H groups in total. The van der Waals surface area contributed by atoms with E-state index in [1.54, 1.807) is 24.8 Å². The maximum atomic E-state index is 11.7. The van der Waals surface area contributed by atoms with Gasteiger partial charge in [-0.25, -0.2) is 19.9 Å². The first kappa shape index (κ1) is 94.7. The molecule has 0 aliphatic heterocycles. The van der Waals surface area contributed by atoms with Gasteiger partial charge in [-0.1, -0.05) is 171 Å². The van der Waals surface area contributed by atoms with Gasteiger partial charge in [0.05, 0.1) is 67.6 Å². The molecule has 8 aromatic heterocycles. The number of aromatic nitrogens is 8. The zero-order chi connectivity index (χ0) is 74.7. The summed E-state index contributed by atoms with van der Waals surface area (Å²) >= 11 is 0. The van der Waals surface area contributed by atoms with E-state index in [4.69, 9.17) is 39.7 Å². The summed E-state index contributed by atoms with van der Waals surface area (Å²) in [5, 5.41) is 65.2. The molecule has 0 fully saturated rings. The van der Waals surface area contributed by atoms with E-state index in [2.05, 4.69) is 103 Å². The van der Waals surface area contributed by atoms with Crippen LogP contribution < -0.4 is 0 Å². The van der Waals surface area contributed by atoms with E-state index in [1.165, 1.54) is 0 Å². The third kappa shape index (κ3) is 21.1. The number of hydrogen-bond acceptors (Lipinski definition) is 14. The van der Waals surface area contributed by atoms with Gasteiger partial charge in [0, 0.05) is 138 Å². The minimum atomic E-state index is -0.833. The van der Waals surface area contributed by atoms with Crippen molar-refractivity contribution in [2.45, 2.75) is 133 Å². The van der Waals surface area contributed by atoms with Crippen molar-refractivity contribution in [2.24, 2.45) is 0 Å². The van der Waals surface area contributed by atoms with E-state index in [9.17, 15) is 20.4 Å². The first-order chi connectivity index (χ1) is 49.2. The van der Waals surface area contributed by atoms with E-state index in [0.717, 1.165) is 57.6 Å². The number of aromatic hydroxyl groups is 4. The molecule has 0 bridgehead atoms. The molecule has 112 heavy (non-hydrogen) atoms. The average Bonchev–Trinajstić information content (AvgIpc) is 0.758. The molecule has 14 aromatic rings. The second-order valence-corrected chi connectivity index (χ2v) is 29.8. The van der Waals surface area contributed by atoms with E-state index in [0.29, 0.717) is 112 Å². The van der Waals surface area contributed by atoms with E-state index in [1.807, 2.05) is 194 Å². The van der Waals surface area contributed by atoms with Crippen LogP contribution in [0.4, 0.5) is 0 Å². The molecule has 0 saturated carbocycles. The molecule has 0 spiro atoms. The number of phenols is 4. The van der Waals surface area contributed by atoms with Gasteiger partial charge in [-0.05, 0) is 165 Å². The molecule has 0 amide bonds. The summed E-state index contributed by atoms with van der Waals surface area (Å²) in [4.78, 5) is 56.8. The minimum Gasteiger partial charge on any atom is -0.507 e. The predicted molar refractivity (Wildman–Crippen MR) is 445 cm³/mol. The fourth-order valence-corrected chi connectivity index (χ4v) is 12.1. The molecule has 0 atom stereocenters. The number of carbonyl (C=O) groups is 2. The number of phenolic OH excluding ortho intramolecular Hbond substituents is 4. The number of carboxylic acids is 2. The van der Waals surface area contributed by atoms with Gasteiger partial charge in [-0.15, -0.1) is 0 Å². The van der Waals surface area contributed by atoms with E-state index in [-0.39, 0.29) is 114 Å². The number of nitrogens with zero attached hydrogens (tertiary/aromatic N) is 8. The standard InChI is InChI=1S/2C42H38N4O2.2C2H4O2.2CH4.2Ni.4H2O/c2*1-41(2,3)27-21-29(33-11-7-9-19-43-33)39(47)31(23-27)35-17-15-25-13-14-26-16-18-36(46-38(26)37(25)45-35)32-24-28(42(4,5)6)22-30(40(32)48)34-12-8-10-20-44-34;2*1-2(3)4;;;;;;;;/h2*7-24,47-48H,1-6H3;2*1H3,(H,3,4);2*1H4;;;4*1H2. The summed E-state index contributed by atoms with van der Waals surface area (Å²) < 4.78 is 0. The van der Waals surface area contributed by atoms with Crippen molar-refractivity contribution < 1.29 is 95.1 Å². The van der Waals surface area contributed by atoms with Crippen molar-refractivity contribution in [2.75, 3.05) is 0 Å². The van der Waals surface area contributed by atoms with Crippen molar-refractivity contribution in [3.63, 3.8) is 0 Å². The van der Waals surface area contributed by atoms with Crippen LogP contribution in [0.2, 0.25) is 0 Å². The van der Waals surface area contributed by atoms with Crippen LogP contribution in [-0.2, 0) is 64.2 Å². The zero-order valence-corrected chi connectivity index (χ0v) is 65.5. The van der Waals surface area contributed by atoms with Crippen molar-refractivity contribution in [1.82, 2.24) is 39.9 Å². The third-order valence-electron chi connectivity index (χ3n) is 17.8. The third-order valence-corrected chi connectivity index (χ3v) is 17.8. The molecule has 0 saturated heterocycles. The van der Waals surface area contributed by atoms with E-state index < -0.39 is 11.9 Å². The number of aliphatic carboxylic acids is 2. The topological polar surface area (TPSA) is 385 Å². The Balaban J connectivity index is 0.000000497. The van der Waals surface area contributed by atoms with Crippen LogP contribution in [0.5, 0.6) is 23.0 Å². The van der Waals surface area contributed by atoms with Crippen LogP contribution in [0, 0.1) is 0 Å². The van der Waals surface area contributed by atoms with Crippen LogP contribution in [0.1, 0.15) is 134 Å². The van der Waals surface area contributed by atoms with Gasteiger partial charge in [0.1, 0.15) is 23.0 Å². The van der Waals surface area contributed by atoms with Gasteiger partial charge in [-0.2, -0.15) is 0 Å². The SMILES string of the molecule is C.C.CC(=O)O.CC(=O)O.CC(C)(C)c1cc(-c2ccccn2)c(O)c(-c2ccc3ccc4ccc(-c5cc(C(C)(C)C)cc(-c6ccccn6)c5O)nc4c3n2)c1.CC(C)(C)c1cc(-c2ccccn2)c(O)c(-c2ccc3ccc4ccc(-c5cc(C(C)(C)C)cc(-c6ccccn6)c5O)nc4c3n2)c1.O.O.O.O.[Ni].[Ni]. The molecule has 0 aliphatic rings. The van der Waals surface area contributed by atoms with Crippen molar-refractivity contribution in [3.05, 3.63) is 241 Å². The number of hydrogen-bond donors (Lipinski definition) is 6. The fourth-order valence-electron chi connectivity index (χ4n) is 12.1. The van der Waals surface area contributed by atoms with Gasteiger partial charge < -0.3 is 52.5 Å². The molecular weight excluding hydrogens is 1500 g/mol. The Morgan fingerprint density at radius 3 is 0.562 bits per heavy atom. The molecule has 22 heteroatoms. The Labute approximate surface area is 674 Å². The molecule has 8 heterocycles. The molecule has 20 nitrogen and oxygen atoms in total. The summed E-state index contributed by atoms with van der Waals surface area (Å²) in [6.45, 7) is 28.0. The normalized spacial score (nSPS) is 10.8. The summed E-state index contributed by atoms with van der Waals surface area (Å²) in [5.74, 6) is -1.14.